The van der Waals surface area contributed by atoms with Crippen molar-refractivity contribution in [2.24, 2.45) is 5.92 Å². The highest BCUT2D eigenvalue weighted by Gasteiger charge is 2.21. The molecule has 0 radical (unpaired) electrons. The third-order valence-corrected chi connectivity index (χ3v) is 4.04. The number of ether oxygens (including phenoxy) is 1. The molecule has 0 saturated heterocycles. The van der Waals surface area contributed by atoms with Gasteiger partial charge in [-0.3, -0.25) is 4.79 Å². The van der Waals surface area contributed by atoms with Crippen molar-refractivity contribution in [2.75, 3.05) is 11.9 Å². The predicted molar refractivity (Wildman–Crippen MR) is 81.8 cm³/mol. The number of benzene rings is 1. The van der Waals surface area contributed by atoms with Crippen molar-refractivity contribution < 1.29 is 9.53 Å². The van der Waals surface area contributed by atoms with Gasteiger partial charge in [-0.05, 0) is 37.0 Å². The molecule has 1 aliphatic carbocycles. The number of carbonyl (C=O) groups is 1. The second-order valence-electron chi connectivity index (χ2n) is 5.61. The molecule has 0 spiro atoms. The van der Waals surface area contributed by atoms with Crippen LogP contribution in [0.15, 0.2) is 24.3 Å². The van der Waals surface area contributed by atoms with E-state index in [1.54, 1.807) is 24.3 Å². The fourth-order valence-corrected chi connectivity index (χ4v) is 2.82. The quantitative estimate of drug-likeness (QED) is 0.901. The van der Waals surface area contributed by atoms with Crippen LogP contribution in [0.3, 0.4) is 0 Å². The van der Waals surface area contributed by atoms with Crippen LogP contribution in [0.2, 0.25) is 0 Å². The SMILES string of the molecule is CCC1CCCC(OCC(=O)Nc2cccc(C#N)c2)C1. The van der Waals surface area contributed by atoms with Crippen molar-refractivity contribution in [2.45, 2.75) is 45.1 Å². The second-order valence-corrected chi connectivity index (χ2v) is 5.61. The first kappa shape index (κ1) is 15.5. The monoisotopic (exact) mass is 286 g/mol. The number of anilines is 1. The van der Waals surface area contributed by atoms with Crippen molar-refractivity contribution in [1.82, 2.24) is 0 Å². The molecule has 112 valence electrons. The number of hydrogen-bond acceptors (Lipinski definition) is 3. The Bertz CT molecular complexity index is 522. The molecule has 0 bridgehead atoms. The maximum Gasteiger partial charge on any atom is 0.250 e. The average molecular weight is 286 g/mol. The van der Waals surface area contributed by atoms with E-state index in [4.69, 9.17) is 10.00 Å². The third-order valence-electron chi connectivity index (χ3n) is 4.04. The van der Waals surface area contributed by atoms with Gasteiger partial charge in [0.25, 0.3) is 0 Å². The van der Waals surface area contributed by atoms with E-state index in [9.17, 15) is 4.79 Å². The first-order valence-electron chi connectivity index (χ1n) is 7.63. The van der Waals surface area contributed by atoms with Crippen LogP contribution in [0, 0.1) is 17.2 Å². The molecule has 2 unspecified atom stereocenters. The van der Waals surface area contributed by atoms with E-state index in [-0.39, 0.29) is 18.6 Å². The summed E-state index contributed by atoms with van der Waals surface area (Å²) in [7, 11) is 0. The fraction of sp³-hybridized carbons (Fsp3) is 0.529. The van der Waals surface area contributed by atoms with Crippen LogP contribution in [0.5, 0.6) is 0 Å². The summed E-state index contributed by atoms with van der Waals surface area (Å²) in [6.07, 6.45) is 5.98. The predicted octanol–water partition coefficient (Wildman–Crippen LogP) is 3.48. The van der Waals surface area contributed by atoms with E-state index in [2.05, 4.69) is 18.3 Å². The summed E-state index contributed by atoms with van der Waals surface area (Å²) in [5, 5.41) is 11.6. The van der Waals surface area contributed by atoms with Crippen LogP contribution in [-0.2, 0) is 9.53 Å². The molecule has 2 atom stereocenters. The largest absolute Gasteiger partial charge is 0.368 e. The summed E-state index contributed by atoms with van der Waals surface area (Å²) in [6, 6.07) is 8.94. The second kappa shape index (κ2) is 7.80. The van der Waals surface area contributed by atoms with Gasteiger partial charge in [-0.2, -0.15) is 5.26 Å². The summed E-state index contributed by atoms with van der Waals surface area (Å²) in [4.78, 5) is 11.9. The van der Waals surface area contributed by atoms with E-state index in [1.165, 1.54) is 19.3 Å². The first-order valence-corrected chi connectivity index (χ1v) is 7.63. The molecule has 1 amide bonds. The molecule has 1 aliphatic rings. The van der Waals surface area contributed by atoms with E-state index >= 15 is 0 Å². The molecule has 1 aromatic rings. The highest BCUT2D eigenvalue weighted by Crippen LogP contribution is 2.28. The van der Waals surface area contributed by atoms with E-state index in [0.29, 0.717) is 11.3 Å². The maximum atomic E-state index is 11.9. The molecule has 21 heavy (non-hydrogen) atoms. The standard InChI is InChI=1S/C17H22N2O2/c1-2-13-5-4-8-16(10-13)21-12-17(20)19-15-7-3-6-14(9-15)11-18/h3,6-7,9,13,16H,2,4-5,8,10,12H2,1H3,(H,19,20). The molecule has 1 aromatic carbocycles. The lowest BCUT2D eigenvalue weighted by molar-refractivity contribution is -0.123. The van der Waals surface area contributed by atoms with Gasteiger partial charge >= 0.3 is 0 Å². The van der Waals surface area contributed by atoms with Crippen LogP contribution in [0.4, 0.5) is 5.69 Å². The molecule has 2 rings (SSSR count). The van der Waals surface area contributed by atoms with Gasteiger partial charge in [0.15, 0.2) is 0 Å². The number of nitrogens with one attached hydrogen (secondary N) is 1. The Hall–Kier alpha value is -1.86. The minimum absolute atomic E-state index is 0.0812. The topological polar surface area (TPSA) is 62.1 Å². The molecule has 0 heterocycles. The summed E-state index contributed by atoms with van der Waals surface area (Å²) < 4.78 is 5.73. The summed E-state index contributed by atoms with van der Waals surface area (Å²) in [6.45, 7) is 2.29. The number of carbonyl (C=O) groups excluding carboxylic acids is 1. The molecule has 0 aromatic heterocycles. The number of amides is 1. The number of rotatable bonds is 5. The van der Waals surface area contributed by atoms with Gasteiger partial charge in [0, 0.05) is 5.69 Å². The van der Waals surface area contributed by atoms with Crippen molar-refractivity contribution in [3.8, 4) is 6.07 Å². The molecule has 0 aliphatic heterocycles. The minimum atomic E-state index is -0.163. The summed E-state index contributed by atoms with van der Waals surface area (Å²) in [5.74, 6) is 0.572. The zero-order chi connectivity index (χ0) is 15.1. The van der Waals surface area contributed by atoms with Crippen LogP contribution < -0.4 is 5.32 Å². The molecule has 1 saturated carbocycles. The Morgan fingerprint density at radius 1 is 1.48 bits per heavy atom. The van der Waals surface area contributed by atoms with Crippen molar-refractivity contribution >= 4 is 11.6 Å². The Morgan fingerprint density at radius 2 is 2.33 bits per heavy atom. The Kier molecular flexibility index (Phi) is 5.77. The Morgan fingerprint density at radius 3 is 3.10 bits per heavy atom. The Labute approximate surface area is 126 Å². The summed E-state index contributed by atoms with van der Waals surface area (Å²) in [5.41, 5.74) is 1.17. The van der Waals surface area contributed by atoms with Crippen molar-refractivity contribution in [1.29, 1.82) is 5.26 Å². The van der Waals surface area contributed by atoms with Gasteiger partial charge in [-0.25, -0.2) is 0 Å². The van der Waals surface area contributed by atoms with Gasteiger partial charge in [0.05, 0.1) is 17.7 Å². The normalized spacial score (nSPS) is 21.5. The molecule has 1 N–H and O–H groups in total. The van der Waals surface area contributed by atoms with Gasteiger partial charge in [-0.15, -0.1) is 0 Å². The van der Waals surface area contributed by atoms with Crippen LogP contribution in [-0.4, -0.2) is 18.6 Å². The number of nitriles is 1. The van der Waals surface area contributed by atoms with Gasteiger partial charge in [0.1, 0.15) is 6.61 Å². The van der Waals surface area contributed by atoms with Crippen LogP contribution in [0.1, 0.15) is 44.6 Å². The van der Waals surface area contributed by atoms with E-state index in [0.717, 1.165) is 18.8 Å². The number of nitrogens with zero attached hydrogens (tertiary/aromatic N) is 1. The van der Waals surface area contributed by atoms with Crippen molar-refractivity contribution in [3.05, 3.63) is 29.8 Å². The molecule has 1 fully saturated rings. The smallest absolute Gasteiger partial charge is 0.250 e. The maximum absolute atomic E-state index is 11.9. The van der Waals surface area contributed by atoms with Gasteiger partial charge in [-0.1, -0.05) is 32.3 Å². The lowest BCUT2D eigenvalue weighted by Crippen LogP contribution is -2.27. The fourth-order valence-electron chi connectivity index (χ4n) is 2.82. The number of hydrogen-bond donors (Lipinski definition) is 1. The molecule has 4 nitrogen and oxygen atoms in total. The highest BCUT2D eigenvalue weighted by molar-refractivity contribution is 5.91. The Balaban J connectivity index is 1.78. The van der Waals surface area contributed by atoms with Gasteiger partial charge < -0.3 is 10.1 Å². The first-order chi connectivity index (χ1) is 10.2. The lowest BCUT2D eigenvalue weighted by atomic mass is 9.85. The van der Waals surface area contributed by atoms with Crippen molar-refractivity contribution in [3.63, 3.8) is 0 Å². The van der Waals surface area contributed by atoms with E-state index < -0.39 is 0 Å². The average Bonchev–Trinajstić information content (AvgIpc) is 2.53. The zero-order valence-electron chi connectivity index (χ0n) is 12.5. The van der Waals surface area contributed by atoms with Gasteiger partial charge in [0.2, 0.25) is 5.91 Å². The van der Waals surface area contributed by atoms with Crippen LogP contribution in [0.25, 0.3) is 0 Å². The molecular weight excluding hydrogens is 264 g/mol. The van der Waals surface area contributed by atoms with E-state index in [1.807, 2.05) is 0 Å². The molecular formula is C17H22N2O2. The minimum Gasteiger partial charge on any atom is -0.368 e. The lowest BCUT2D eigenvalue weighted by Gasteiger charge is -2.28. The summed E-state index contributed by atoms with van der Waals surface area (Å²) >= 11 is 0. The zero-order valence-corrected chi connectivity index (χ0v) is 12.5. The third kappa shape index (κ3) is 4.87. The van der Waals surface area contributed by atoms with Crippen LogP contribution >= 0.6 is 0 Å². The highest BCUT2D eigenvalue weighted by atomic mass is 16.5. The molecule has 4 heteroatoms.